The van der Waals surface area contributed by atoms with Crippen molar-refractivity contribution in [1.82, 2.24) is 0 Å². The molecule has 0 aliphatic heterocycles. The van der Waals surface area contributed by atoms with Gasteiger partial charge >= 0.3 is 0 Å². The summed E-state index contributed by atoms with van der Waals surface area (Å²) in [6.07, 6.45) is 6.50. The molecule has 1 aliphatic rings. The van der Waals surface area contributed by atoms with Crippen LogP contribution < -0.4 is 4.90 Å². The van der Waals surface area contributed by atoms with E-state index in [0.29, 0.717) is 5.92 Å². The van der Waals surface area contributed by atoms with E-state index >= 15 is 0 Å². The number of anilines is 3. The molecule has 1 nitrogen and oxygen atoms in total. The molecule has 55 heavy (non-hydrogen) atoms. The lowest BCUT2D eigenvalue weighted by atomic mass is 9.80. The van der Waals surface area contributed by atoms with E-state index in [4.69, 9.17) is 0 Å². The maximum Gasteiger partial charge on any atom is 0.0543 e. The van der Waals surface area contributed by atoms with Crippen molar-refractivity contribution in [1.29, 1.82) is 0 Å². The predicted molar refractivity (Wildman–Crippen MR) is 238 cm³/mol. The second-order valence-corrected chi connectivity index (χ2v) is 17.6. The Balaban J connectivity index is 1.50. The molecule has 7 aromatic rings. The van der Waals surface area contributed by atoms with Gasteiger partial charge in [0.2, 0.25) is 0 Å². The quantitative estimate of drug-likeness (QED) is 0.159. The fourth-order valence-electron chi connectivity index (χ4n) is 8.72. The molecule has 0 saturated heterocycles. The van der Waals surface area contributed by atoms with Crippen molar-refractivity contribution in [3.63, 3.8) is 0 Å². The van der Waals surface area contributed by atoms with E-state index in [2.05, 4.69) is 204 Å². The summed E-state index contributed by atoms with van der Waals surface area (Å²) in [5, 5.41) is 2.73. The first-order valence-corrected chi connectivity index (χ1v) is 20.4. The van der Waals surface area contributed by atoms with Crippen LogP contribution in [0.3, 0.4) is 0 Å². The topological polar surface area (TPSA) is 3.24 Å². The van der Waals surface area contributed by atoms with E-state index in [1.807, 2.05) is 0 Å². The number of para-hydroxylation sites is 1. The molecule has 0 spiro atoms. The average Bonchev–Trinajstić information content (AvgIpc) is 3.21. The van der Waals surface area contributed by atoms with Crippen LogP contribution in [0.1, 0.15) is 96.3 Å². The van der Waals surface area contributed by atoms with Crippen LogP contribution >= 0.6 is 0 Å². The van der Waals surface area contributed by atoms with E-state index in [1.165, 1.54) is 110 Å². The highest BCUT2D eigenvalue weighted by molar-refractivity contribution is 6.05. The number of benzene rings is 7. The third kappa shape index (κ3) is 7.38. The summed E-state index contributed by atoms with van der Waals surface area (Å²) >= 11 is 0. The first-order valence-electron chi connectivity index (χ1n) is 20.4. The Bertz CT molecular complexity index is 2310. The van der Waals surface area contributed by atoms with Crippen molar-refractivity contribution in [2.24, 2.45) is 0 Å². The van der Waals surface area contributed by atoms with E-state index in [-0.39, 0.29) is 10.8 Å². The highest BCUT2D eigenvalue weighted by atomic mass is 15.2. The Morgan fingerprint density at radius 3 is 1.45 bits per heavy atom. The van der Waals surface area contributed by atoms with Crippen LogP contribution in [-0.4, -0.2) is 0 Å². The molecule has 0 N–H and O–H groups in total. The van der Waals surface area contributed by atoms with E-state index in [0.717, 1.165) is 0 Å². The third-order valence-electron chi connectivity index (χ3n) is 11.8. The predicted octanol–water partition coefficient (Wildman–Crippen LogP) is 16.0. The Labute approximate surface area is 329 Å². The molecule has 1 heteroatoms. The van der Waals surface area contributed by atoms with Crippen molar-refractivity contribution in [3.05, 3.63) is 174 Å². The Morgan fingerprint density at radius 2 is 0.909 bits per heavy atom. The van der Waals surface area contributed by atoms with Gasteiger partial charge in [-0.25, -0.2) is 0 Å². The van der Waals surface area contributed by atoms with Crippen LogP contribution in [0.2, 0.25) is 0 Å². The molecule has 7 aromatic carbocycles. The van der Waals surface area contributed by atoms with Gasteiger partial charge in [-0.3, -0.25) is 0 Å². The van der Waals surface area contributed by atoms with Gasteiger partial charge in [-0.2, -0.15) is 0 Å². The molecular formula is C54H55N. The molecule has 0 unspecified atom stereocenters. The average molecular weight is 718 g/mol. The minimum absolute atomic E-state index is 0.0464. The maximum atomic E-state index is 2.60. The Hall–Kier alpha value is -5.40. The molecule has 1 aliphatic carbocycles. The van der Waals surface area contributed by atoms with Gasteiger partial charge in [-0.1, -0.05) is 200 Å². The second kappa shape index (κ2) is 15.0. The highest BCUT2D eigenvalue weighted by Gasteiger charge is 2.28. The monoisotopic (exact) mass is 717 g/mol. The van der Waals surface area contributed by atoms with Gasteiger partial charge in [-0.15, -0.1) is 0 Å². The van der Waals surface area contributed by atoms with Crippen LogP contribution in [0.15, 0.2) is 158 Å². The maximum absolute atomic E-state index is 2.60. The summed E-state index contributed by atoms with van der Waals surface area (Å²) in [5.41, 5.74) is 15.0. The normalized spacial score (nSPS) is 13.9. The minimum atomic E-state index is -0.0464. The summed E-state index contributed by atoms with van der Waals surface area (Å²) in [5.74, 6) is 0.586. The zero-order valence-corrected chi connectivity index (χ0v) is 33.6. The molecule has 8 rings (SSSR count). The van der Waals surface area contributed by atoms with Crippen LogP contribution in [0.25, 0.3) is 44.2 Å². The lowest BCUT2D eigenvalue weighted by Crippen LogP contribution is -2.18. The number of nitrogens with zero attached hydrogens (tertiary/aromatic N) is 1. The highest BCUT2D eigenvalue weighted by Crippen LogP contribution is 2.51. The van der Waals surface area contributed by atoms with Gasteiger partial charge in [0.05, 0.1) is 17.1 Å². The fraction of sp³-hybridized carbons (Fsp3) is 0.259. The Kier molecular flexibility index (Phi) is 9.99. The van der Waals surface area contributed by atoms with Crippen LogP contribution in [0.4, 0.5) is 17.1 Å². The van der Waals surface area contributed by atoms with Crippen LogP contribution in [0, 0.1) is 0 Å². The third-order valence-corrected chi connectivity index (χ3v) is 11.8. The molecule has 0 aromatic heterocycles. The molecule has 0 radical (unpaired) electrons. The lowest BCUT2D eigenvalue weighted by molar-refractivity contribution is 0.445. The van der Waals surface area contributed by atoms with Gasteiger partial charge < -0.3 is 4.90 Å². The first-order chi connectivity index (χ1) is 26.6. The second-order valence-electron chi connectivity index (χ2n) is 17.6. The van der Waals surface area contributed by atoms with E-state index < -0.39 is 0 Å². The molecule has 1 saturated carbocycles. The number of rotatable bonds is 7. The fourth-order valence-corrected chi connectivity index (χ4v) is 8.72. The van der Waals surface area contributed by atoms with E-state index in [1.54, 1.807) is 0 Å². The van der Waals surface area contributed by atoms with Crippen molar-refractivity contribution < 1.29 is 0 Å². The lowest BCUT2D eigenvalue weighted by Gasteiger charge is -2.34. The molecule has 0 bridgehead atoms. The largest absolute Gasteiger partial charge is 0.309 e. The van der Waals surface area contributed by atoms with Crippen molar-refractivity contribution in [3.8, 4) is 33.4 Å². The van der Waals surface area contributed by atoms with Gasteiger partial charge in [0, 0.05) is 16.7 Å². The van der Waals surface area contributed by atoms with Crippen molar-refractivity contribution >= 4 is 27.8 Å². The molecule has 1 fully saturated rings. The van der Waals surface area contributed by atoms with Crippen molar-refractivity contribution in [2.45, 2.75) is 90.4 Å². The summed E-state index contributed by atoms with van der Waals surface area (Å²) in [7, 11) is 0. The molecule has 0 atom stereocenters. The number of hydrogen-bond donors (Lipinski definition) is 0. The molecule has 0 heterocycles. The number of fused-ring (bicyclic) bond motifs is 1. The summed E-state index contributed by atoms with van der Waals surface area (Å²) < 4.78 is 0. The van der Waals surface area contributed by atoms with Crippen LogP contribution in [-0.2, 0) is 10.8 Å². The number of hydrogen-bond acceptors (Lipinski definition) is 1. The van der Waals surface area contributed by atoms with Gasteiger partial charge in [0.15, 0.2) is 0 Å². The van der Waals surface area contributed by atoms with Gasteiger partial charge in [0.25, 0.3) is 0 Å². The van der Waals surface area contributed by atoms with Gasteiger partial charge in [0.1, 0.15) is 0 Å². The summed E-state index contributed by atoms with van der Waals surface area (Å²) in [6.45, 7) is 13.9. The summed E-state index contributed by atoms with van der Waals surface area (Å²) in [6, 6.07) is 59.3. The first kappa shape index (κ1) is 36.6. The smallest absolute Gasteiger partial charge is 0.0543 e. The summed E-state index contributed by atoms with van der Waals surface area (Å²) in [4.78, 5) is 2.60. The zero-order valence-electron chi connectivity index (χ0n) is 33.6. The van der Waals surface area contributed by atoms with Crippen molar-refractivity contribution in [2.75, 3.05) is 4.90 Å². The zero-order chi connectivity index (χ0) is 38.2. The van der Waals surface area contributed by atoms with Gasteiger partial charge in [-0.05, 0) is 91.9 Å². The van der Waals surface area contributed by atoms with Crippen LogP contribution in [0.5, 0.6) is 0 Å². The standard InChI is InChI=1S/C54H55N/c1-53(2,3)42-32-34-44(38-20-10-7-11-21-38)50(36-42)55(51-37-43(54(4,5)6)33-35-45(51)39-22-12-8-13-23-39)49-31-17-16-28-47(49)48-30-19-27-41-26-18-29-46(52(41)48)40-24-14-9-15-25-40/h7-8,10-13,16-23,26-37,40H,9,14-15,24-25H2,1-6H3. The van der Waals surface area contributed by atoms with E-state index in [9.17, 15) is 0 Å². The SMILES string of the molecule is CC(C)(C)c1ccc(-c2ccccc2)c(N(c2cc(C(C)(C)C)ccc2-c2ccccc2)c2ccccc2-c2cccc3cccc(C4CCCCC4)c23)c1. The molecule has 0 amide bonds. The Morgan fingerprint density at radius 1 is 0.418 bits per heavy atom. The molecule has 276 valence electrons. The molecular weight excluding hydrogens is 663 g/mol. The minimum Gasteiger partial charge on any atom is -0.309 e.